The van der Waals surface area contributed by atoms with Crippen molar-refractivity contribution in [2.45, 2.75) is 141 Å². The van der Waals surface area contributed by atoms with Crippen LogP contribution in [0.15, 0.2) is 23.3 Å². The van der Waals surface area contributed by atoms with Gasteiger partial charge in [0.2, 0.25) is 0 Å². The summed E-state index contributed by atoms with van der Waals surface area (Å²) in [6, 6.07) is 0. The zero-order valence-corrected chi connectivity index (χ0v) is 24.0. The Hall–Kier alpha value is -1.10. The standard InChI is InChI=1S/C30H46F6O4/c1-25(2,39)12-6-13-26(3,18-28(40,29(31,32)33)30(34,35)36)24-11-10-23-20(7-5-14-27(23,24)4)9-8-19-15-21(37)17-22(38)16-19/h8-9,21-24,37-40H,5-7,10-18H2,1-4H3/b19-8-,20-9+/t21?,22-,23?,24?,26+,27+/m1/s1. The number of hydrogen-bond donors (Lipinski definition) is 4. The van der Waals surface area contributed by atoms with Crippen LogP contribution in [0, 0.1) is 22.7 Å². The normalized spacial score (nSPS) is 34.2. The largest absolute Gasteiger partial charge is 0.426 e. The van der Waals surface area contributed by atoms with Crippen molar-refractivity contribution in [3.05, 3.63) is 23.3 Å². The van der Waals surface area contributed by atoms with Gasteiger partial charge >= 0.3 is 12.4 Å². The average Bonchev–Trinajstić information content (AvgIpc) is 3.13. The Morgan fingerprint density at radius 1 is 0.875 bits per heavy atom. The molecule has 0 amide bonds. The highest BCUT2D eigenvalue weighted by atomic mass is 19.4. The van der Waals surface area contributed by atoms with Crippen molar-refractivity contribution in [2.24, 2.45) is 22.7 Å². The van der Waals surface area contributed by atoms with Gasteiger partial charge in [0.15, 0.2) is 0 Å². The molecule has 3 fully saturated rings. The fourth-order valence-electron chi connectivity index (χ4n) is 8.17. The van der Waals surface area contributed by atoms with E-state index >= 15 is 0 Å². The van der Waals surface area contributed by atoms with E-state index in [1.165, 1.54) is 6.92 Å². The monoisotopic (exact) mass is 584 g/mol. The smallest absolute Gasteiger partial charge is 0.393 e. The summed E-state index contributed by atoms with van der Waals surface area (Å²) in [5, 5.41) is 40.5. The Bertz CT molecular complexity index is 923. The quantitative estimate of drug-likeness (QED) is 0.228. The molecule has 0 aliphatic heterocycles. The van der Waals surface area contributed by atoms with Gasteiger partial charge in [-0.2, -0.15) is 26.3 Å². The molecule has 0 radical (unpaired) electrons. The second kappa shape index (κ2) is 11.5. The van der Waals surface area contributed by atoms with E-state index in [1.807, 2.05) is 19.1 Å². The molecule has 0 aromatic carbocycles. The number of allylic oxidation sites excluding steroid dienone is 3. The van der Waals surface area contributed by atoms with Gasteiger partial charge in [-0.25, -0.2) is 0 Å². The molecule has 4 N–H and O–H groups in total. The minimum Gasteiger partial charge on any atom is -0.393 e. The number of rotatable bonds is 8. The molecule has 3 aliphatic carbocycles. The topological polar surface area (TPSA) is 80.9 Å². The van der Waals surface area contributed by atoms with Crippen molar-refractivity contribution in [1.82, 2.24) is 0 Å². The summed E-state index contributed by atoms with van der Waals surface area (Å²) in [5.74, 6) is -0.530. The number of hydrogen-bond acceptors (Lipinski definition) is 4. The molecule has 6 atom stereocenters. The summed E-state index contributed by atoms with van der Waals surface area (Å²) in [6.45, 7) is 6.53. The SMILES string of the molecule is CC(C)(O)CCC[C@@](C)(CC(O)(C(F)(F)F)C(F)(F)F)C1CCC2/C(=C/C=C3/CC(O)C[C@H](O)C3)CCC[C@@]21C. The third kappa shape index (κ3) is 7.09. The summed E-state index contributed by atoms with van der Waals surface area (Å²) in [6.07, 6.45) is -5.68. The molecule has 232 valence electrons. The molecule has 10 heteroatoms. The molecule has 0 aromatic rings. The van der Waals surface area contributed by atoms with Gasteiger partial charge in [0.25, 0.3) is 5.60 Å². The summed E-state index contributed by atoms with van der Waals surface area (Å²) in [5.41, 5.74) is -6.00. The average molecular weight is 585 g/mol. The second-order valence-electron chi connectivity index (χ2n) is 13.9. The van der Waals surface area contributed by atoms with Gasteiger partial charge in [-0.05, 0) is 107 Å². The number of aliphatic hydroxyl groups excluding tert-OH is 2. The highest BCUT2D eigenvalue weighted by molar-refractivity contribution is 5.27. The van der Waals surface area contributed by atoms with Crippen molar-refractivity contribution in [3.8, 4) is 0 Å². The summed E-state index contributed by atoms with van der Waals surface area (Å²) < 4.78 is 83.3. The van der Waals surface area contributed by atoms with Crippen molar-refractivity contribution < 1.29 is 46.8 Å². The van der Waals surface area contributed by atoms with Gasteiger partial charge in [0.1, 0.15) is 0 Å². The van der Waals surface area contributed by atoms with Crippen LogP contribution in [0.3, 0.4) is 0 Å². The van der Waals surface area contributed by atoms with E-state index in [2.05, 4.69) is 0 Å². The molecule has 40 heavy (non-hydrogen) atoms. The van der Waals surface area contributed by atoms with E-state index in [0.717, 1.165) is 24.0 Å². The number of alkyl halides is 6. The van der Waals surface area contributed by atoms with Crippen LogP contribution in [-0.2, 0) is 0 Å². The van der Waals surface area contributed by atoms with Gasteiger partial charge in [-0.3, -0.25) is 0 Å². The van der Waals surface area contributed by atoms with Crippen LogP contribution in [0.4, 0.5) is 26.3 Å². The lowest BCUT2D eigenvalue weighted by molar-refractivity contribution is -0.378. The summed E-state index contributed by atoms with van der Waals surface area (Å²) in [7, 11) is 0. The van der Waals surface area contributed by atoms with Gasteiger partial charge < -0.3 is 20.4 Å². The molecule has 3 unspecified atom stereocenters. The molecule has 0 heterocycles. The van der Waals surface area contributed by atoms with E-state index < -0.39 is 58.9 Å². The van der Waals surface area contributed by atoms with E-state index in [-0.39, 0.29) is 25.2 Å². The van der Waals surface area contributed by atoms with E-state index in [0.29, 0.717) is 38.5 Å². The molecule has 0 bridgehead atoms. The van der Waals surface area contributed by atoms with Crippen LogP contribution in [0.1, 0.15) is 105 Å². The second-order valence-corrected chi connectivity index (χ2v) is 13.9. The predicted octanol–water partition coefficient (Wildman–Crippen LogP) is 7.15. The number of aliphatic hydroxyl groups is 4. The molecule has 0 spiro atoms. The first-order chi connectivity index (χ1) is 18.1. The van der Waals surface area contributed by atoms with E-state index in [1.54, 1.807) is 13.8 Å². The van der Waals surface area contributed by atoms with E-state index in [4.69, 9.17) is 0 Å². The van der Waals surface area contributed by atoms with Gasteiger partial charge in [0.05, 0.1) is 17.8 Å². The van der Waals surface area contributed by atoms with Crippen molar-refractivity contribution in [1.29, 1.82) is 0 Å². The Labute approximate surface area is 233 Å². The first-order valence-corrected chi connectivity index (χ1v) is 14.4. The Morgan fingerprint density at radius 2 is 1.45 bits per heavy atom. The Morgan fingerprint density at radius 3 is 1.98 bits per heavy atom. The van der Waals surface area contributed by atoms with Gasteiger partial charge in [0, 0.05) is 0 Å². The lowest BCUT2D eigenvalue weighted by Crippen LogP contribution is -2.60. The first-order valence-electron chi connectivity index (χ1n) is 14.4. The van der Waals surface area contributed by atoms with Crippen LogP contribution in [0.5, 0.6) is 0 Å². The molecular weight excluding hydrogens is 538 g/mol. The summed E-state index contributed by atoms with van der Waals surface area (Å²) >= 11 is 0. The molecule has 0 saturated heterocycles. The molecule has 3 saturated carbocycles. The Balaban J connectivity index is 1.97. The lowest BCUT2D eigenvalue weighted by Gasteiger charge is -2.51. The highest BCUT2D eigenvalue weighted by Crippen LogP contribution is 2.65. The van der Waals surface area contributed by atoms with Crippen LogP contribution in [-0.4, -0.2) is 56.2 Å². The van der Waals surface area contributed by atoms with Crippen LogP contribution in [0.25, 0.3) is 0 Å². The fourth-order valence-corrected chi connectivity index (χ4v) is 8.17. The van der Waals surface area contributed by atoms with Gasteiger partial charge in [-0.1, -0.05) is 43.6 Å². The van der Waals surface area contributed by atoms with Crippen molar-refractivity contribution in [2.75, 3.05) is 0 Å². The van der Waals surface area contributed by atoms with Crippen LogP contribution in [0.2, 0.25) is 0 Å². The maximum Gasteiger partial charge on any atom is 0.426 e. The third-order valence-electron chi connectivity index (χ3n) is 10.0. The number of fused-ring (bicyclic) bond motifs is 1. The van der Waals surface area contributed by atoms with Crippen molar-refractivity contribution >= 4 is 0 Å². The molecule has 3 aliphatic rings. The van der Waals surface area contributed by atoms with Crippen molar-refractivity contribution in [3.63, 3.8) is 0 Å². The third-order valence-corrected chi connectivity index (χ3v) is 10.0. The summed E-state index contributed by atoms with van der Waals surface area (Å²) in [4.78, 5) is 0. The first kappa shape index (κ1) is 33.4. The van der Waals surface area contributed by atoms with Gasteiger partial charge in [-0.15, -0.1) is 0 Å². The zero-order valence-electron chi connectivity index (χ0n) is 24.0. The lowest BCUT2D eigenvalue weighted by atomic mass is 9.54. The maximum atomic E-state index is 13.9. The van der Waals surface area contributed by atoms with Crippen LogP contribution >= 0.6 is 0 Å². The fraction of sp³-hybridized carbons (Fsp3) is 0.867. The number of halogens is 6. The molecule has 4 nitrogen and oxygen atoms in total. The predicted molar refractivity (Wildman–Crippen MR) is 140 cm³/mol. The van der Waals surface area contributed by atoms with E-state index in [9.17, 15) is 46.8 Å². The minimum absolute atomic E-state index is 0.0112. The zero-order chi connectivity index (χ0) is 30.4. The molecule has 0 aromatic heterocycles. The molecule has 3 rings (SSSR count). The Kier molecular flexibility index (Phi) is 9.63. The van der Waals surface area contributed by atoms with Crippen LogP contribution < -0.4 is 0 Å². The highest BCUT2D eigenvalue weighted by Gasteiger charge is 2.72. The minimum atomic E-state index is -5.89. The molecular formula is C30H46F6O4. The maximum absolute atomic E-state index is 13.9.